The van der Waals surface area contributed by atoms with E-state index in [1.807, 2.05) is 0 Å². The minimum Gasteiger partial charge on any atom is -0.310 e. The average Bonchev–Trinajstić information content (AvgIpc) is 1.79. The second-order valence-electron chi connectivity index (χ2n) is 22.7. The molecule has 16 rings (SSSR count). The zero-order valence-corrected chi connectivity index (χ0v) is 46.3. The molecule has 0 amide bonds. The van der Waals surface area contributed by atoms with E-state index in [1.165, 1.54) is 120 Å². The van der Waals surface area contributed by atoms with Gasteiger partial charge >= 0.3 is 0 Å². The highest BCUT2D eigenvalue weighted by atomic mass is 15.1. The van der Waals surface area contributed by atoms with Gasteiger partial charge in [0.1, 0.15) is 0 Å². The fourth-order valence-corrected chi connectivity index (χ4v) is 13.9. The summed E-state index contributed by atoms with van der Waals surface area (Å²) in [6.07, 6.45) is 0. The molecule has 2 heteroatoms. The van der Waals surface area contributed by atoms with Crippen LogP contribution < -0.4 is 9.80 Å². The SMILES string of the molecule is CC1(C)c2ccccc2-c2ccc(N(c3ccccc3)c3ccc4c(-c5cc6ccccc6c6ccccc56)c5cc(N(c6ccccc6)c6ccc(-c7ccccc7)cc6)ccc5c(-c5cc6ccccc6c6ccccc56)c4c3)cc21. The van der Waals surface area contributed by atoms with E-state index in [2.05, 4.69) is 327 Å². The Morgan fingerprint density at radius 3 is 1.13 bits per heavy atom. The lowest BCUT2D eigenvalue weighted by Gasteiger charge is -2.29. The number of hydrogen-bond acceptors (Lipinski definition) is 2. The van der Waals surface area contributed by atoms with Crippen molar-refractivity contribution in [2.24, 2.45) is 0 Å². The number of nitrogens with zero attached hydrogens (tertiary/aromatic N) is 2. The average molecular weight is 1060 g/mol. The van der Waals surface area contributed by atoms with Crippen molar-refractivity contribution in [1.29, 1.82) is 0 Å². The standard InChI is InChI=1S/C81H56N2/c1-81(2)77-37-21-20-36-69(77)70-45-42-62(52-78(70)81)83(58-28-10-5-11-29-58)61-44-47-72-76(51-61)80(74-49-56-25-13-15-31-64(56)66-33-17-19-35-68(66)74)71-46-43-60(50-75(71)79(72)73-48-55-24-12-14-30-63(55)65-32-16-18-34-67(65)73)82(57-26-8-4-9-27-57)59-40-38-54(39-41-59)53-22-6-3-7-23-53/h3-52H,1-2H3. The van der Waals surface area contributed by atoms with E-state index in [9.17, 15) is 0 Å². The third-order valence-corrected chi connectivity index (χ3v) is 17.8. The van der Waals surface area contributed by atoms with Gasteiger partial charge in [0.05, 0.1) is 0 Å². The minimum absolute atomic E-state index is 0.172. The van der Waals surface area contributed by atoms with E-state index in [0.717, 1.165) is 34.1 Å². The number of hydrogen-bond donors (Lipinski definition) is 0. The Hall–Kier alpha value is -10.5. The molecule has 1 aliphatic carbocycles. The van der Waals surface area contributed by atoms with Crippen molar-refractivity contribution < 1.29 is 0 Å². The molecule has 15 aromatic carbocycles. The Labute approximate surface area is 484 Å². The quantitative estimate of drug-likeness (QED) is 0.105. The predicted molar refractivity (Wildman–Crippen MR) is 355 cm³/mol. The monoisotopic (exact) mass is 1060 g/mol. The Morgan fingerprint density at radius 1 is 0.217 bits per heavy atom. The van der Waals surface area contributed by atoms with Crippen LogP contribution in [0.4, 0.5) is 34.1 Å². The Morgan fingerprint density at radius 2 is 0.590 bits per heavy atom. The zero-order valence-electron chi connectivity index (χ0n) is 46.3. The summed E-state index contributed by atoms with van der Waals surface area (Å²) in [6.45, 7) is 4.75. The normalized spacial score (nSPS) is 12.6. The molecule has 0 radical (unpaired) electrons. The Kier molecular flexibility index (Phi) is 11.3. The number of fused-ring (bicyclic) bond motifs is 11. The molecule has 15 aromatic rings. The van der Waals surface area contributed by atoms with Crippen molar-refractivity contribution in [1.82, 2.24) is 0 Å². The molecule has 0 heterocycles. The fourth-order valence-electron chi connectivity index (χ4n) is 13.9. The molecule has 0 aliphatic heterocycles. The van der Waals surface area contributed by atoms with Crippen LogP contribution in [0.1, 0.15) is 25.0 Å². The molecule has 1 aliphatic rings. The van der Waals surface area contributed by atoms with E-state index < -0.39 is 0 Å². The second-order valence-corrected chi connectivity index (χ2v) is 22.7. The third kappa shape index (κ3) is 7.86. The summed E-state index contributed by atoms with van der Waals surface area (Å²) in [5.41, 5.74) is 18.9. The maximum absolute atomic E-state index is 2.50. The van der Waals surface area contributed by atoms with Gasteiger partial charge < -0.3 is 9.80 Å². The van der Waals surface area contributed by atoms with Crippen LogP contribution in [0.5, 0.6) is 0 Å². The first-order chi connectivity index (χ1) is 40.9. The lowest BCUT2D eigenvalue weighted by atomic mass is 9.81. The van der Waals surface area contributed by atoms with Crippen molar-refractivity contribution in [3.05, 3.63) is 314 Å². The van der Waals surface area contributed by atoms with Gasteiger partial charge in [-0.1, -0.05) is 232 Å². The minimum atomic E-state index is -0.172. The van der Waals surface area contributed by atoms with Gasteiger partial charge in [0.2, 0.25) is 0 Å². The van der Waals surface area contributed by atoms with Crippen LogP contribution in [0.25, 0.3) is 109 Å². The van der Waals surface area contributed by atoms with Gasteiger partial charge in [-0.3, -0.25) is 0 Å². The number of benzene rings is 15. The van der Waals surface area contributed by atoms with E-state index >= 15 is 0 Å². The van der Waals surface area contributed by atoms with Gasteiger partial charge in [-0.15, -0.1) is 0 Å². The molecule has 0 spiro atoms. The third-order valence-electron chi connectivity index (χ3n) is 17.8. The van der Waals surface area contributed by atoms with Crippen molar-refractivity contribution >= 4 is 98.8 Å². The van der Waals surface area contributed by atoms with Gasteiger partial charge in [0.25, 0.3) is 0 Å². The van der Waals surface area contributed by atoms with Crippen molar-refractivity contribution in [2.45, 2.75) is 19.3 Å². The molecule has 0 saturated heterocycles. The molecular formula is C81H56N2. The Bertz CT molecular complexity index is 5040. The lowest BCUT2D eigenvalue weighted by molar-refractivity contribution is 0.660. The van der Waals surface area contributed by atoms with E-state index in [0.29, 0.717) is 0 Å². The summed E-state index contributed by atoms with van der Waals surface area (Å²) in [6, 6.07) is 113. The molecule has 0 fully saturated rings. The molecule has 0 unspecified atom stereocenters. The fraction of sp³-hybridized carbons (Fsp3) is 0.0370. The summed E-state index contributed by atoms with van der Waals surface area (Å²) < 4.78 is 0. The highest BCUT2D eigenvalue weighted by Gasteiger charge is 2.36. The maximum atomic E-state index is 2.50. The topological polar surface area (TPSA) is 6.48 Å². The van der Waals surface area contributed by atoms with Gasteiger partial charge in [-0.05, 0) is 205 Å². The van der Waals surface area contributed by atoms with E-state index in [-0.39, 0.29) is 5.41 Å². The number of para-hydroxylation sites is 2. The molecule has 0 aromatic heterocycles. The number of anilines is 6. The summed E-state index contributed by atoms with van der Waals surface area (Å²) in [4.78, 5) is 4.89. The molecule has 2 nitrogen and oxygen atoms in total. The van der Waals surface area contributed by atoms with Crippen molar-refractivity contribution in [2.75, 3.05) is 9.80 Å². The first kappa shape index (κ1) is 48.4. The molecule has 390 valence electrons. The highest BCUT2D eigenvalue weighted by Crippen LogP contribution is 2.54. The highest BCUT2D eigenvalue weighted by molar-refractivity contribution is 6.29. The summed E-state index contributed by atoms with van der Waals surface area (Å²) in [5, 5.41) is 14.6. The van der Waals surface area contributed by atoms with Crippen LogP contribution in [0.2, 0.25) is 0 Å². The summed E-state index contributed by atoms with van der Waals surface area (Å²) >= 11 is 0. The largest absolute Gasteiger partial charge is 0.310 e. The lowest BCUT2D eigenvalue weighted by Crippen LogP contribution is -2.16. The predicted octanol–water partition coefficient (Wildman–Crippen LogP) is 22.9. The van der Waals surface area contributed by atoms with Gasteiger partial charge in [-0.2, -0.15) is 0 Å². The first-order valence-corrected chi connectivity index (χ1v) is 28.9. The molecule has 0 N–H and O–H groups in total. The van der Waals surface area contributed by atoms with Crippen LogP contribution in [-0.4, -0.2) is 0 Å². The zero-order chi connectivity index (χ0) is 55.2. The smallest absolute Gasteiger partial charge is 0.0468 e. The van der Waals surface area contributed by atoms with Gasteiger partial charge in [0, 0.05) is 39.5 Å². The van der Waals surface area contributed by atoms with E-state index in [1.54, 1.807) is 0 Å². The van der Waals surface area contributed by atoms with Crippen LogP contribution in [-0.2, 0) is 5.41 Å². The molecule has 0 atom stereocenters. The van der Waals surface area contributed by atoms with Crippen LogP contribution >= 0.6 is 0 Å². The summed E-state index contributed by atoms with van der Waals surface area (Å²) in [7, 11) is 0. The van der Waals surface area contributed by atoms with Gasteiger partial charge in [0.15, 0.2) is 0 Å². The molecule has 0 saturated carbocycles. The van der Waals surface area contributed by atoms with Crippen LogP contribution in [0, 0.1) is 0 Å². The Balaban J connectivity index is 1.03. The van der Waals surface area contributed by atoms with E-state index in [4.69, 9.17) is 0 Å². The van der Waals surface area contributed by atoms with Crippen molar-refractivity contribution in [3.63, 3.8) is 0 Å². The number of rotatable bonds is 9. The molecule has 0 bridgehead atoms. The van der Waals surface area contributed by atoms with Gasteiger partial charge in [-0.25, -0.2) is 0 Å². The summed E-state index contributed by atoms with van der Waals surface area (Å²) in [5.74, 6) is 0. The first-order valence-electron chi connectivity index (χ1n) is 28.9. The van der Waals surface area contributed by atoms with Crippen LogP contribution in [0.15, 0.2) is 303 Å². The maximum Gasteiger partial charge on any atom is 0.0468 e. The molecular weight excluding hydrogens is 1000 g/mol. The molecule has 83 heavy (non-hydrogen) atoms. The van der Waals surface area contributed by atoms with Crippen molar-refractivity contribution in [3.8, 4) is 44.5 Å². The van der Waals surface area contributed by atoms with Crippen LogP contribution in [0.3, 0.4) is 0 Å². The second kappa shape index (κ2) is 19.3.